The molecule has 0 saturated carbocycles. The molecule has 0 aliphatic carbocycles. The van der Waals surface area contributed by atoms with Gasteiger partial charge in [0.2, 0.25) is 5.91 Å². The van der Waals surface area contributed by atoms with Crippen molar-refractivity contribution in [3.8, 4) is 0 Å². The molecule has 2 nitrogen and oxygen atoms in total. The summed E-state index contributed by atoms with van der Waals surface area (Å²) < 4.78 is 51.8. The van der Waals surface area contributed by atoms with Gasteiger partial charge in [0, 0.05) is 4.90 Å². The van der Waals surface area contributed by atoms with E-state index in [2.05, 4.69) is 5.32 Å². The Morgan fingerprint density at radius 1 is 0.952 bits per heavy atom. The maximum atomic E-state index is 13.4. The molecule has 0 unspecified atom stereocenters. The number of halogens is 4. The fourth-order valence-corrected chi connectivity index (χ4v) is 2.19. The van der Waals surface area contributed by atoms with Crippen LogP contribution in [-0.2, 0) is 4.79 Å². The molecule has 110 valence electrons. The SMILES string of the molecule is O=C(CSc1ccc(F)cc1)Nc1ccc(F)c(F)c1F. The van der Waals surface area contributed by atoms with Crippen molar-refractivity contribution in [3.05, 3.63) is 59.7 Å². The third-order valence-electron chi connectivity index (χ3n) is 2.49. The van der Waals surface area contributed by atoms with Crippen LogP contribution in [0, 0.1) is 23.3 Å². The smallest absolute Gasteiger partial charge is 0.234 e. The van der Waals surface area contributed by atoms with Crippen LogP contribution in [0.5, 0.6) is 0 Å². The number of anilines is 1. The highest BCUT2D eigenvalue weighted by Gasteiger charge is 2.15. The van der Waals surface area contributed by atoms with Gasteiger partial charge in [-0.05, 0) is 36.4 Å². The maximum Gasteiger partial charge on any atom is 0.234 e. The van der Waals surface area contributed by atoms with E-state index in [1.54, 1.807) is 0 Å². The van der Waals surface area contributed by atoms with Gasteiger partial charge in [0.25, 0.3) is 0 Å². The van der Waals surface area contributed by atoms with E-state index in [0.717, 1.165) is 23.9 Å². The summed E-state index contributed by atoms with van der Waals surface area (Å²) >= 11 is 1.10. The van der Waals surface area contributed by atoms with Crippen LogP contribution in [0.2, 0.25) is 0 Å². The number of amides is 1. The molecule has 0 radical (unpaired) electrons. The molecule has 2 aromatic rings. The van der Waals surface area contributed by atoms with E-state index in [1.165, 1.54) is 24.3 Å². The Labute approximate surface area is 122 Å². The highest BCUT2D eigenvalue weighted by molar-refractivity contribution is 8.00. The second-order valence-corrected chi connectivity index (χ2v) is 5.06. The van der Waals surface area contributed by atoms with Gasteiger partial charge in [0.1, 0.15) is 5.82 Å². The van der Waals surface area contributed by atoms with Crippen molar-refractivity contribution in [1.29, 1.82) is 0 Å². The summed E-state index contributed by atoms with van der Waals surface area (Å²) in [6.45, 7) is 0. The first-order valence-electron chi connectivity index (χ1n) is 5.79. The largest absolute Gasteiger partial charge is 0.323 e. The summed E-state index contributed by atoms with van der Waals surface area (Å²) in [7, 11) is 0. The van der Waals surface area contributed by atoms with Gasteiger partial charge in [0.05, 0.1) is 11.4 Å². The van der Waals surface area contributed by atoms with Crippen LogP contribution in [0.3, 0.4) is 0 Å². The molecule has 0 aliphatic heterocycles. The standard InChI is InChI=1S/C14H9F4NOS/c15-8-1-3-9(4-2-8)21-7-12(20)19-11-6-5-10(16)13(17)14(11)18/h1-6H,7H2,(H,19,20). The van der Waals surface area contributed by atoms with Gasteiger partial charge in [0.15, 0.2) is 17.5 Å². The van der Waals surface area contributed by atoms with Crippen molar-refractivity contribution >= 4 is 23.4 Å². The number of carbonyl (C=O) groups is 1. The minimum Gasteiger partial charge on any atom is -0.323 e. The highest BCUT2D eigenvalue weighted by Crippen LogP contribution is 2.21. The Morgan fingerprint density at radius 2 is 1.62 bits per heavy atom. The zero-order chi connectivity index (χ0) is 15.4. The maximum absolute atomic E-state index is 13.4. The van der Waals surface area contributed by atoms with Crippen LogP contribution in [0.15, 0.2) is 41.3 Å². The van der Waals surface area contributed by atoms with Crippen LogP contribution in [-0.4, -0.2) is 11.7 Å². The van der Waals surface area contributed by atoms with E-state index in [4.69, 9.17) is 0 Å². The lowest BCUT2D eigenvalue weighted by molar-refractivity contribution is -0.113. The van der Waals surface area contributed by atoms with Crippen molar-refractivity contribution in [1.82, 2.24) is 0 Å². The molecule has 0 saturated heterocycles. The third-order valence-corrected chi connectivity index (χ3v) is 3.50. The van der Waals surface area contributed by atoms with Gasteiger partial charge in [-0.15, -0.1) is 11.8 Å². The Hall–Kier alpha value is -2.02. The minimum atomic E-state index is -1.64. The molecule has 0 fully saturated rings. The number of carbonyl (C=O) groups excluding carboxylic acids is 1. The summed E-state index contributed by atoms with van der Waals surface area (Å²) in [4.78, 5) is 12.3. The summed E-state index contributed by atoms with van der Waals surface area (Å²) in [5, 5.41) is 2.14. The van der Waals surface area contributed by atoms with Crippen LogP contribution in [0.25, 0.3) is 0 Å². The lowest BCUT2D eigenvalue weighted by Gasteiger charge is -2.07. The fourth-order valence-electron chi connectivity index (χ4n) is 1.49. The number of hydrogen-bond donors (Lipinski definition) is 1. The monoisotopic (exact) mass is 315 g/mol. The fraction of sp³-hybridized carbons (Fsp3) is 0.0714. The summed E-state index contributed by atoms with van der Waals surface area (Å²) in [6.07, 6.45) is 0. The predicted molar refractivity (Wildman–Crippen MR) is 72.1 cm³/mol. The van der Waals surface area contributed by atoms with Crippen LogP contribution >= 0.6 is 11.8 Å². The van der Waals surface area contributed by atoms with Crippen molar-refractivity contribution in [2.75, 3.05) is 11.1 Å². The first kappa shape index (κ1) is 15.4. The van der Waals surface area contributed by atoms with E-state index in [-0.39, 0.29) is 5.75 Å². The molecule has 0 bridgehead atoms. The Bertz CT molecular complexity index is 661. The molecule has 1 N–H and O–H groups in total. The number of nitrogens with one attached hydrogen (secondary N) is 1. The van der Waals surface area contributed by atoms with Crippen molar-refractivity contribution in [3.63, 3.8) is 0 Å². The summed E-state index contributed by atoms with van der Waals surface area (Å²) in [5.74, 6) is -5.48. The minimum absolute atomic E-state index is 0.0793. The Kier molecular flexibility index (Phi) is 4.85. The van der Waals surface area contributed by atoms with Crippen molar-refractivity contribution < 1.29 is 22.4 Å². The molecule has 0 aliphatic rings. The highest BCUT2D eigenvalue weighted by atomic mass is 32.2. The molecule has 0 aromatic heterocycles. The van der Waals surface area contributed by atoms with Crippen molar-refractivity contribution in [2.24, 2.45) is 0 Å². The normalized spacial score (nSPS) is 10.5. The summed E-state index contributed by atoms with van der Waals surface area (Å²) in [5.41, 5.74) is -0.432. The molecule has 0 atom stereocenters. The van der Waals surface area contributed by atoms with Crippen LogP contribution in [0.4, 0.5) is 23.2 Å². The van der Waals surface area contributed by atoms with Gasteiger partial charge in [-0.2, -0.15) is 0 Å². The molecule has 0 heterocycles. The number of benzene rings is 2. The Balaban J connectivity index is 1.96. The van der Waals surface area contributed by atoms with Gasteiger partial charge in [-0.25, -0.2) is 17.6 Å². The van der Waals surface area contributed by atoms with Gasteiger partial charge < -0.3 is 5.32 Å². The average Bonchev–Trinajstić information content (AvgIpc) is 2.47. The zero-order valence-electron chi connectivity index (χ0n) is 10.5. The predicted octanol–water partition coefficient (Wildman–Crippen LogP) is 3.97. The van der Waals surface area contributed by atoms with E-state index >= 15 is 0 Å². The number of hydrogen-bond acceptors (Lipinski definition) is 2. The molecular formula is C14H9F4NOS. The first-order chi connectivity index (χ1) is 9.97. The molecule has 0 spiro atoms. The molecule has 2 aromatic carbocycles. The third kappa shape index (κ3) is 3.98. The van der Waals surface area contributed by atoms with Crippen LogP contribution < -0.4 is 5.32 Å². The lowest BCUT2D eigenvalue weighted by Crippen LogP contribution is -2.15. The van der Waals surface area contributed by atoms with Gasteiger partial charge in [-0.1, -0.05) is 0 Å². The van der Waals surface area contributed by atoms with Crippen LogP contribution in [0.1, 0.15) is 0 Å². The molecule has 21 heavy (non-hydrogen) atoms. The van der Waals surface area contributed by atoms with Crippen molar-refractivity contribution in [2.45, 2.75) is 4.90 Å². The number of thioether (sulfide) groups is 1. The zero-order valence-corrected chi connectivity index (χ0v) is 11.3. The lowest BCUT2D eigenvalue weighted by atomic mass is 10.3. The van der Waals surface area contributed by atoms with E-state index in [9.17, 15) is 22.4 Å². The summed E-state index contributed by atoms with van der Waals surface area (Å²) in [6, 6.07) is 7.14. The van der Waals surface area contributed by atoms with Gasteiger partial charge >= 0.3 is 0 Å². The van der Waals surface area contributed by atoms with Gasteiger partial charge in [-0.3, -0.25) is 4.79 Å². The second kappa shape index (κ2) is 6.62. The first-order valence-corrected chi connectivity index (χ1v) is 6.77. The Morgan fingerprint density at radius 3 is 2.29 bits per heavy atom. The molecule has 2 rings (SSSR count). The quantitative estimate of drug-likeness (QED) is 0.525. The van der Waals surface area contributed by atoms with E-state index in [1.807, 2.05) is 0 Å². The molecule has 7 heteroatoms. The van der Waals surface area contributed by atoms with E-state index in [0.29, 0.717) is 4.90 Å². The van der Waals surface area contributed by atoms with E-state index < -0.39 is 34.9 Å². The average molecular weight is 315 g/mol. The topological polar surface area (TPSA) is 29.1 Å². The molecular weight excluding hydrogens is 306 g/mol. The number of rotatable bonds is 4. The second-order valence-electron chi connectivity index (χ2n) is 4.01. The molecule has 1 amide bonds.